The molecule has 0 aromatic heterocycles. The van der Waals surface area contributed by atoms with Crippen LogP contribution in [0.3, 0.4) is 0 Å². The van der Waals surface area contributed by atoms with Crippen LogP contribution in [0, 0.1) is 6.92 Å². The molecule has 0 heterocycles. The molecule has 4 rings (SSSR count). The Morgan fingerprint density at radius 2 is 1.30 bits per heavy atom. The summed E-state index contributed by atoms with van der Waals surface area (Å²) in [5.74, 6) is 0. The fourth-order valence-corrected chi connectivity index (χ4v) is 3.59. The minimum atomic E-state index is 1.22. The van der Waals surface area contributed by atoms with Crippen LogP contribution in [0.1, 0.15) is 30.4 Å². The van der Waals surface area contributed by atoms with Gasteiger partial charge in [0, 0.05) is 0 Å². The molecule has 0 aliphatic heterocycles. The zero-order valence-corrected chi connectivity index (χ0v) is 11.8. The Hall–Kier alpha value is -2.08. The molecule has 0 unspecified atom stereocenters. The minimum Gasteiger partial charge on any atom is -0.0807 e. The maximum absolute atomic E-state index is 2.43. The first-order valence-electron chi connectivity index (χ1n) is 7.46. The van der Waals surface area contributed by atoms with Crippen LogP contribution >= 0.6 is 0 Å². The Labute approximate surface area is 119 Å². The van der Waals surface area contributed by atoms with E-state index in [1.165, 1.54) is 57.5 Å². The van der Waals surface area contributed by atoms with Crippen LogP contribution < -0.4 is 0 Å². The predicted molar refractivity (Wildman–Crippen MR) is 88.0 cm³/mol. The lowest BCUT2D eigenvalue weighted by Gasteiger charge is -2.15. The molecule has 1 aliphatic carbocycles. The van der Waals surface area contributed by atoms with Gasteiger partial charge in [-0.2, -0.15) is 0 Å². The first-order valence-corrected chi connectivity index (χ1v) is 7.46. The molecule has 0 fully saturated rings. The van der Waals surface area contributed by atoms with Crippen LogP contribution in [-0.4, -0.2) is 0 Å². The van der Waals surface area contributed by atoms with Gasteiger partial charge >= 0.3 is 0 Å². The number of hydrogen-bond donors (Lipinski definition) is 0. The van der Waals surface area contributed by atoms with Gasteiger partial charge in [0.25, 0.3) is 0 Å². The van der Waals surface area contributed by atoms with E-state index in [-0.39, 0.29) is 0 Å². The van der Waals surface area contributed by atoms with Crippen LogP contribution in [0.2, 0.25) is 0 Å². The largest absolute Gasteiger partial charge is 0.0807 e. The van der Waals surface area contributed by atoms with Gasteiger partial charge in [0.15, 0.2) is 0 Å². The van der Waals surface area contributed by atoms with Gasteiger partial charge in [0.05, 0.1) is 0 Å². The zero-order valence-electron chi connectivity index (χ0n) is 11.8. The van der Waals surface area contributed by atoms with Crippen LogP contribution in [0.15, 0.2) is 54.6 Å². The summed E-state index contributed by atoms with van der Waals surface area (Å²) in [6.45, 7) is 2.25. The van der Waals surface area contributed by atoms with E-state index in [0.29, 0.717) is 0 Å². The van der Waals surface area contributed by atoms with E-state index < -0.39 is 0 Å². The monoisotopic (exact) mass is 258 g/mol. The van der Waals surface area contributed by atoms with Crippen molar-refractivity contribution < 1.29 is 0 Å². The number of rotatable bonds is 1. The van der Waals surface area contributed by atoms with Crippen molar-refractivity contribution in [3.8, 4) is 0 Å². The molecule has 1 aliphatic rings. The summed E-state index contributed by atoms with van der Waals surface area (Å²) in [5.41, 5.74) is 4.41. The van der Waals surface area contributed by atoms with Crippen LogP contribution in [0.5, 0.6) is 0 Å². The molecule has 20 heavy (non-hydrogen) atoms. The molecule has 3 aromatic carbocycles. The van der Waals surface area contributed by atoms with Gasteiger partial charge in [0.2, 0.25) is 0 Å². The molecule has 0 bridgehead atoms. The number of hydrogen-bond acceptors (Lipinski definition) is 0. The highest BCUT2D eigenvalue weighted by molar-refractivity contribution is 6.11. The molecule has 0 spiro atoms. The maximum atomic E-state index is 2.43. The third-order valence-corrected chi connectivity index (χ3v) is 4.56. The summed E-state index contributed by atoms with van der Waals surface area (Å²) in [7, 11) is 0. The van der Waals surface area contributed by atoms with Crippen molar-refractivity contribution in [2.24, 2.45) is 0 Å². The second-order valence-electron chi connectivity index (χ2n) is 5.71. The standard InChI is InChI=1S/C20H18/c1-14-16-10-4-6-12-18(16)20(15-8-2-3-9-15)19-13-7-5-11-17(14)19/h4-8,10-13H,2-3,9H2,1H3. The van der Waals surface area contributed by atoms with E-state index >= 15 is 0 Å². The SMILES string of the molecule is Cc1c2ccccc2c(C2=CCCC2)c2ccccc12. The molecule has 0 saturated carbocycles. The smallest absolute Gasteiger partial charge is 0.00703 e. The van der Waals surface area contributed by atoms with Crippen LogP contribution in [-0.2, 0) is 0 Å². The van der Waals surface area contributed by atoms with Gasteiger partial charge in [-0.15, -0.1) is 0 Å². The van der Waals surface area contributed by atoms with Crippen molar-refractivity contribution in [3.05, 3.63) is 65.7 Å². The van der Waals surface area contributed by atoms with Crippen molar-refractivity contribution >= 4 is 27.1 Å². The molecule has 0 radical (unpaired) electrons. The van der Waals surface area contributed by atoms with Crippen LogP contribution in [0.25, 0.3) is 27.1 Å². The summed E-state index contributed by atoms with van der Waals surface area (Å²) in [6, 6.07) is 17.7. The van der Waals surface area contributed by atoms with Crippen LogP contribution in [0.4, 0.5) is 0 Å². The third-order valence-electron chi connectivity index (χ3n) is 4.56. The Morgan fingerprint density at radius 3 is 1.80 bits per heavy atom. The maximum Gasteiger partial charge on any atom is -0.00703 e. The lowest BCUT2D eigenvalue weighted by molar-refractivity contribution is 0.936. The van der Waals surface area contributed by atoms with E-state index in [4.69, 9.17) is 0 Å². The zero-order chi connectivity index (χ0) is 13.5. The topological polar surface area (TPSA) is 0 Å². The second-order valence-corrected chi connectivity index (χ2v) is 5.71. The van der Waals surface area contributed by atoms with Crippen molar-refractivity contribution in [1.82, 2.24) is 0 Å². The lowest BCUT2D eigenvalue weighted by Crippen LogP contribution is -1.91. The van der Waals surface area contributed by atoms with Gasteiger partial charge in [-0.25, -0.2) is 0 Å². The molecule has 0 N–H and O–H groups in total. The van der Waals surface area contributed by atoms with E-state index in [1.54, 1.807) is 0 Å². The van der Waals surface area contributed by atoms with Crippen molar-refractivity contribution in [2.45, 2.75) is 26.2 Å². The van der Waals surface area contributed by atoms with E-state index in [9.17, 15) is 0 Å². The first kappa shape index (κ1) is 11.7. The molecule has 3 aromatic rings. The molecular formula is C20H18. The van der Waals surface area contributed by atoms with Gasteiger partial charge in [-0.05, 0) is 64.4 Å². The van der Waals surface area contributed by atoms with Gasteiger partial charge in [-0.1, -0.05) is 54.6 Å². The Bertz CT molecular complexity index is 780. The van der Waals surface area contributed by atoms with Crippen molar-refractivity contribution in [3.63, 3.8) is 0 Å². The lowest BCUT2D eigenvalue weighted by atomic mass is 9.88. The Balaban J connectivity index is 2.24. The Morgan fingerprint density at radius 1 is 0.750 bits per heavy atom. The molecule has 0 nitrogen and oxygen atoms in total. The summed E-state index contributed by atoms with van der Waals surface area (Å²) in [5, 5.41) is 5.62. The molecule has 0 heteroatoms. The fraction of sp³-hybridized carbons (Fsp3) is 0.200. The number of fused-ring (bicyclic) bond motifs is 2. The highest BCUT2D eigenvalue weighted by Crippen LogP contribution is 2.39. The van der Waals surface area contributed by atoms with E-state index in [1.807, 2.05) is 0 Å². The summed E-state index contributed by atoms with van der Waals surface area (Å²) in [4.78, 5) is 0. The highest BCUT2D eigenvalue weighted by Gasteiger charge is 2.15. The molecular weight excluding hydrogens is 240 g/mol. The number of benzene rings is 3. The quantitative estimate of drug-likeness (QED) is 0.479. The average Bonchev–Trinajstić information content (AvgIpc) is 3.02. The fourth-order valence-electron chi connectivity index (χ4n) is 3.59. The van der Waals surface area contributed by atoms with E-state index in [0.717, 1.165) is 0 Å². The first-order chi connectivity index (χ1) is 9.86. The summed E-state index contributed by atoms with van der Waals surface area (Å²) in [6.07, 6.45) is 6.18. The number of aryl methyl sites for hydroxylation is 1. The normalized spacial score (nSPS) is 14.9. The average molecular weight is 258 g/mol. The number of allylic oxidation sites excluding steroid dienone is 2. The molecule has 98 valence electrons. The van der Waals surface area contributed by atoms with Crippen molar-refractivity contribution in [1.29, 1.82) is 0 Å². The molecule has 0 atom stereocenters. The molecule has 0 saturated heterocycles. The third kappa shape index (κ3) is 1.61. The summed E-state index contributed by atoms with van der Waals surface area (Å²) >= 11 is 0. The van der Waals surface area contributed by atoms with Crippen molar-refractivity contribution in [2.75, 3.05) is 0 Å². The Kier molecular flexibility index (Phi) is 2.63. The minimum absolute atomic E-state index is 1.22. The summed E-state index contributed by atoms with van der Waals surface area (Å²) < 4.78 is 0. The van der Waals surface area contributed by atoms with E-state index in [2.05, 4.69) is 61.5 Å². The van der Waals surface area contributed by atoms with Gasteiger partial charge in [-0.3, -0.25) is 0 Å². The molecule has 0 amide bonds. The predicted octanol–water partition coefficient (Wildman–Crippen LogP) is 5.87. The highest BCUT2D eigenvalue weighted by atomic mass is 14.2. The second kappa shape index (κ2) is 4.49. The van der Waals surface area contributed by atoms with Gasteiger partial charge < -0.3 is 0 Å². The van der Waals surface area contributed by atoms with Gasteiger partial charge in [0.1, 0.15) is 0 Å².